The van der Waals surface area contributed by atoms with Crippen molar-refractivity contribution in [3.63, 3.8) is 0 Å². The van der Waals surface area contributed by atoms with Crippen LogP contribution in [0.1, 0.15) is 11.9 Å². The van der Waals surface area contributed by atoms with Gasteiger partial charge in [0.25, 0.3) is 5.89 Å². The van der Waals surface area contributed by atoms with Crippen molar-refractivity contribution in [1.29, 1.82) is 0 Å². The molecule has 1 aliphatic rings. The van der Waals surface area contributed by atoms with Gasteiger partial charge in [0.2, 0.25) is 0 Å². The Hall–Kier alpha value is -1.67. The SMILES string of the molecule is CN1CCSCC1c1noc(-c2nccnc2N)n1. The predicted octanol–water partition coefficient (Wildman–Crippen LogP) is 0.828. The van der Waals surface area contributed by atoms with Crippen molar-refractivity contribution in [3.05, 3.63) is 18.2 Å². The van der Waals surface area contributed by atoms with Crippen LogP contribution < -0.4 is 5.73 Å². The van der Waals surface area contributed by atoms with Crippen LogP contribution in [0.5, 0.6) is 0 Å². The fraction of sp³-hybridized carbons (Fsp3) is 0.455. The smallest absolute Gasteiger partial charge is 0.280 e. The molecule has 1 fully saturated rings. The van der Waals surface area contributed by atoms with Crippen LogP contribution in [-0.4, -0.2) is 50.1 Å². The lowest BCUT2D eigenvalue weighted by molar-refractivity contribution is 0.257. The summed E-state index contributed by atoms with van der Waals surface area (Å²) in [5.74, 6) is 3.39. The zero-order chi connectivity index (χ0) is 13.2. The minimum Gasteiger partial charge on any atom is -0.382 e. The summed E-state index contributed by atoms with van der Waals surface area (Å²) in [6.07, 6.45) is 3.08. The van der Waals surface area contributed by atoms with E-state index in [1.165, 1.54) is 6.20 Å². The first-order valence-corrected chi connectivity index (χ1v) is 7.09. The summed E-state index contributed by atoms with van der Waals surface area (Å²) in [7, 11) is 2.07. The highest BCUT2D eigenvalue weighted by Gasteiger charge is 2.26. The van der Waals surface area contributed by atoms with E-state index in [4.69, 9.17) is 10.3 Å². The van der Waals surface area contributed by atoms with E-state index in [1.54, 1.807) is 6.20 Å². The highest BCUT2D eigenvalue weighted by atomic mass is 32.2. The quantitative estimate of drug-likeness (QED) is 0.863. The normalized spacial score (nSPS) is 20.6. The van der Waals surface area contributed by atoms with Gasteiger partial charge in [-0.2, -0.15) is 16.7 Å². The van der Waals surface area contributed by atoms with Crippen LogP contribution in [0.4, 0.5) is 5.82 Å². The van der Waals surface area contributed by atoms with E-state index in [9.17, 15) is 0 Å². The van der Waals surface area contributed by atoms with Crippen LogP contribution in [0.15, 0.2) is 16.9 Å². The van der Waals surface area contributed by atoms with Gasteiger partial charge in [0.05, 0.1) is 6.04 Å². The molecule has 3 rings (SSSR count). The number of aromatic nitrogens is 4. The number of hydrogen-bond acceptors (Lipinski definition) is 8. The van der Waals surface area contributed by atoms with Crippen molar-refractivity contribution in [2.45, 2.75) is 6.04 Å². The summed E-state index contributed by atoms with van der Waals surface area (Å²) in [6.45, 7) is 1.02. The van der Waals surface area contributed by atoms with Gasteiger partial charge >= 0.3 is 0 Å². The van der Waals surface area contributed by atoms with Crippen LogP contribution in [0, 0.1) is 0 Å². The standard InChI is InChI=1S/C11H14N6OS/c1-17-4-5-19-6-7(17)10-15-11(18-16-10)8-9(12)14-3-2-13-8/h2-3,7H,4-6H2,1H3,(H2,12,14). The van der Waals surface area contributed by atoms with Crippen molar-refractivity contribution >= 4 is 17.6 Å². The van der Waals surface area contributed by atoms with Crippen molar-refractivity contribution < 1.29 is 4.52 Å². The molecule has 1 atom stereocenters. The molecule has 8 heteroatoms. The Kier molecular flexibility index (Phi) is 3.34. The number of rotatable bonds is 2. The maximum absolute atomic E-state index is 5.75. The molecule has 0 amide bonds. The molecular formula is C11H14N6OS. The van der Waals surface area contributed by atoms with Gasteiger partial charge in [0.15, 0.2) is 17.3 Å². The molecule has 3 heterocycles. The lowest BCUT2D eigenvalue weighted by Crippen LogP contribution is -2.33. The van der Waals surface area contributed by atoms with E-state index in [1.807, 2.05) is 11.8 Å². The first kappa shape index (κ1) is 12.4. The van der Waals surface area contributed by atoms with E-state index in [-0.39, 0.29) is 6.04 Å². The molecule has 2 aromatic rings. The number of nitrogen functional groups attached to an aromatic ring is 1. The van der Waals surface area contributed by atoms with Gasteiger partial charge < -0.3 is 10.3 Å². The number of thioether (sulfide) groups is 1. The summed E-state index contributed by atoms with van der Waals surface area (Å²) in [5, 5.41) is 4.04. The molecule has 0 radical (unpaired) electrons. The second kappa shape index (κ2) is 5.14. The maximum Gasteiger partial charge on any atom is 0.280 e. The molecule has 7 nitrogen and oxygen atoms in total. The Labute approximate surface area is 114 Å². The van der Waals surface area contributed by atoms with Gasteiger partial charge in [0, 0.05) is 30.4 Å². The van der Waals surface area contributed by atoms with Gasteiger partial charge in [-0.3, -0.25) is 4.90 Å². The van der Waals surface area contributed by atoms with Crippen LogP contribution in [0.25, 0.3) is 11.6 Å². The van der Waals surface area contributed by atoms with Gasteiger partial charge in [-0.25, -0.2) is 9.97 Å². The van der Waals surface area contributed by atoms with E-state index >= 15 is 0 Å². The van der Waals surface area contributed by atoms with Crippen molar-refractivity contribution in [3.8, 4) is 11.6 Å². The van der Waals surface area contributed by atoms with Crippen LogP contribution in [0.2, 0.25) is 0 Å². The largest absolute Gasteiger partial charge is 0.382 e. The van der Waals surface area contributed by atoms with E-state index in [2.05, 4.69) is 32.1 Å². The van der Waals surface area contributed by atoms with Crippen LogP contribution >= 0.6 is 11.8 Å². The molecule has 0 aromatic carbocycles. The van der Waals surface area contributed by atoms with Gasteiger partial charge in [-0.05, 0) is 7.05 Å². The number of anilines is 1. The second-order valence-electron chi connectivity index (χ2n) is 4.32. The number of nitrogens with two attached hydrogens (primary N) is 1. The molecule has 0 bridgehead atoms. The van der Waals surface area contributed by atoms with Crippen molar-refractivity contribution in [1.82, 2.24) is 25.0 Å². The molecular weight excluding hydrogens is 264 g/mol. The predicted molar refractivity (Wildman–Crippen MR) is 72.4 cm³/mol. The highest BCUT2D eigenvalue weighted by Crippen LogP contribution is 2.28. The molecule has 0 saturated carbocycles. The molecule has 19 heavy (non-hydrogen) atoms. The molecule has 1 saturated heterocycles. The molecule has 0 aliphatic carbocycles. The van der Waals surface area contributed by atoms with E-state index in [0.29, 0.717) is 23.2 Å². The Morgan fingerprint density at radius 2 is 2.26 bits per heavy atom. The van der Waals surface area contributed by atoms with Crippen LogP contribution in [-0.2, 0) is 0 Å². The van der Waals surface area contributed by atoms with Crippen molar-refractivity contribution in [2.24, 2.45) is 0 Å². The third-order valence-electron chi connectivity index (χ3n) is 3.07. The maximum atomic E-state index is 5.75. The summed E-state index contributed by atoms with van der Waals surface area (Å²) < 4.78 is 5.25. The average molecular weight is 278 g/mol. The second-order valence-corrected chi connectivity index (χ2v) is 5.47. The highest BCUT2D eigenvalue weighted by molar-refractivity contribution is 7.99. The average Bonchev–Trinajstić information content (AvgIpc) is 2.89. The molecule has 2 N–H and O–H groups in total. The fourth-order valence-electron chi connectivity index (χ4n) is 1.94. The Bertz CT molecular complexity index is 574. The first-order chi connectivity index (χ1) is 9.25. The van der Waals surface area contributed by atoms with Gasteiger partial charge in [-0.1, -0.05) is 5.16 Å². The topological polar surface area (TPSA) is 94.0 Å². The van der Waals surface area contributed by atoms with E-state index in [0.717, 1.165) is 18.1 Å². The monoisotopic (exact) mass is 278 g/mol. The zero-order valence-corrected chi connectivity index (χ0v) is 11.3. The molecule has 0 spiro atoms. The summed E-state index contributed by atoms with van der Waals surface area (Å²) in [5.41, 5.74) is 6.19. The third-order valence-corrected chi connectivity index (χ3v) is 4.09. The summed E-state index contributed by atoms with van der Waals surface area (Å²) >= 11 is 1.89. The lowest BCUT2D eigenvalue weighted by atomic mass is 10.3. The van der Waals surface area contributed by atoms with Crippen LogP contribution in [0.3, 0.4) is 0 Å². The van der Waals surface area contributed by atoms with Gasteiger partial charge in [-0.15, -0.1) is 0 Å². The number of hydrogen-bond donors (Lipinski definition) is 1. The molecule has 100 valence electrons. The van der Waals surface area contributed by atoms with Gasteiger partial charge in [0.1, 0.15) is 0 Å². The summed E-state index contributed by atoms with van der Waals surface area (Å²) in [6, 6.07) is 0.175. The fourth-order valence-corrected chi connectivity index (χ4v) is 3.15. The van der Waals surface area contributed by atoms with E-state index < -0.39 is 0 Å². The third kappa shape index (κ3) is 2.41. The minimum atomic E-state index is 0.175. The number of nitrogens with zero attached hydrogens (tertiary/aromatic N) is 5. The van der Waals surface area contributed by atoms with Crippen molar-refractivity contribution in [2.75, 3.05) is 30.8 Å². The molecule has 2 aromatic heterocycles. The Morgan fingerprint density at radius 1 is 1.42 bits per heavy atom. The minimum absolute atomic E-state index is 0.175. The Balaban J connectivity index is 1.89. The Morgan fingerprint density at radius 3 is 3.05 bits per heavy atom. The summed E-state index contributed by atoms with van der Waals surface area (Å²) in [4.78, 5) is 14.7. The zero-order valence-electron chi connectivity index (χ0n) is 10.5. The molecule has 1 aliphatic heterocycles. The first-order valence-electron chi connectivity index (χ1n) is 5.94. The molecule has 1 unspecified atom stereocenters. The lowest BCUT2D eigenvalue weighted by Gasteiger charge is -2.29.